The van der Waals surface area contributed by atoms with Crippen molar-refractivity contribution in [1.29, 1.82) is 0 Å². The van der Waals surface area contributed by atoms with Crippen molar-refractivity contribution >= 4 is 17.8 Å². The number of aromatic nitrogens is 2. The molecule has 1 aromatic heterocycles. The summed E-state index contributed by atoms with van der Waals surface area (Å²) >= 11 is 0. The van der Waals surface area contributed by atoms with Gasteiger partial charge < -0.3 is 14.5 Å². The van der Waals surface area contributed by atoms with Crippen molar-refractivity contribution in [2.45, 2.75) is 13.3 Å². The highest BCUT2D eigenvalue weighted by Crippen LogP contribution is 2.29. The summed E-state index contributed by atoms with van der Waals surface area (Å²) in [6.07, 6.45) is 3.66. The fourth-order valence-corrected chi connectivity index (χ4v) is 2.10. The largest absolute Gasteiger partial charge is 0.493 e. The lowest BCUT2D eigenvalue weighted by Gasteiger charge is -2.10. The first-order valence-corrected chi connectivity index (χ1v) is 7.46. The Morgan fingerprint density at radius 3 is 2.60 bits per heavy atom. The van der Waals surface area contributed by atoms with Gasteiger partial charge in [0, 0.05) is 0 Å². The minimum atomic E-state index is -1.06. The van der Waals surface area contributed by atoms with Crippen LogP contribution in [0.2, 0.25) is 0 Å². The number of nitrogens with one attached hydrogen (secondary N) is 2. The van der Waals surface area contributed by atoms with Gasteiger partial charge in [0.15, 0.2) is 11.5 Å². The lowest BCUT2D eigenvalue weighted by atomic mass is 10.1. The summed E-state index contributed by atoms with van der Waals surface area (Å²) in [5, 5.41) is 11.0. The van der Waals surface area contributed by atoms with Gasteiger partial charge in [0.1, 0.15) is 5.69 Å². The normalized spacial score (nSPS) is 10.8. The van der Waals surface area contributed by atoms with Crippen LogP contribution in [0, 0.1) is 10.1 Å². The molecule has 0 unspecified atom stereocenters. The number of benzene rings is 1. The van der Waals surface area contributed by atoms with Crippen LogP contribution in [0.15, 0.2) is 27.8 Å². The van der Waals surface area contributed by atoms with E-state index < -0.39 is 21.9 Å². The topological polar surface area (TPSA) is 127 Å². The van der Waals surface area contributed by atoms with Gasteiger partial charge in [0.25, 0.3) is 0 Å². The monoisotopic (exact) mass is 347 g/mol. The van der Waals surface area contributed by atoms with Crippen LogP contribution in [0.1, 0.15) is 24.6 Å². The zero-order valence-electron chi connectivity index (χ0n) is 13.7. The Labute approximate surface area is 142 Å². The summed E-state index contributed by atoms with van der Waals surface area (Å²) in [5.41, 5.74) is -2.16. The molecule has 2 aromatic rings. The number of nitrogens with zero attached hydrogens (tertiary/aromatic N) is 1. The van der Waals surface area contributed by atoms with Crippen LogP contribution in [0.25, 0.3) is 12.2 Å². The second-order valence-electron chi connectivity index (χ2n) is 5.02. The molecule has 132 valence electrons. The van der Waals surface area contributed by atoms with Crippen LogP contribution < -0.4 is 20.7 Å². The van der Waals surface area contributed by atoms with Crippen molar-refractivity contribution in [3.63, 3.8) is 0 Å². The molecule has 0 fully saturated rings. The maximum absolute atomic E-state index is 11.6. The predicted octanol–water partition coefficient (Wildman–Crippen LogP) is 1.94. The molecule has 9 heteroatoms. The summed E-state index contributed by atoms with van der Waals surface area (Å²) in [6.45, 7) is 2.53. The average Bonchev–Trinajstić information content (AvgIpc) is 2.57. The van der Waals surface area contributed by atoms with E-state index in [0.29, 0.717) is 23.7 Å². The lowest BCUT2D eigenvalue weighted by Crippen LogP contribution is -2.25. The molecule has 1 aromatic carbocycles. The van der Waals surface area contributed by atoms with Crippen LogP contribution in [-0.4, -0.2) is 28.6 Å². The number of methoxy groups -OCH3 is 1. The molecule has 2 N–H and O–H groups in total. The van der Waals surface area contributed by atoms with E-state index in [0.717, 1.165) is 6.42 Å². The standard InChI is InChI=1S/C16H17N3O6/c1-3-8-25-12-7-5-10(9-13(12)24-2)4-6-11-14(19(22)23)15(20)18-16(21)17-11/h4-7,9H,3,8H2,1-2H3,(H2,17,18,20,21)/b6-4+. The lowest BCUT2D eigenvalue weighted by molar-refractivity contribution is -0.386. The average molecular weight is 347 g/mol. The van der Waals surface area contributed by atoms with Crippen molar-refractivity contribution in [3.8, 4) is 11.5 Å². The molecule has 1 heterocycles. The van der Waals surface area contributed by atoms with E-state index in [-0.39, 0.29) is 5.69 Å². The summed E-state index contributed by atoms with van der Waals surface area (Å²) in [7, 11) is 1.50. The number of hydrogen-bond acceptors (Lipinski definition) is 6. The Bertz CT molecular complexity index is 913. The third kappa shape index (κ3) is 4.34. The maximum atomic E-state index is 11.6. The third-order valence-electron chi connectivity index (χ3n) is 3.22. The number of H-pyrrole nitrogens is 2. The minimum Gasteiger partial charge on any atom is -0.493 e. The van der Waals surface area contributed by atoms with Crippen molar-refractivity contribution < 1.29 is 14.4 Å². The molecule has 0 saturated carbocycles. The molecule has 0 bridgehead atoms. The van der Waals surface area contributed by atoms with E-state index in [2.05, 4.69) is 4.98 Å². The highest BCUT2D eigenvalue weighted by molar-refractivity contribution is 5.72. The van der Waals surface area contributed by atoms with E-state index in [4.69, 9.17) is 9.47 Å². The van der Waals surface area contributed by atoms with Crippen molar-refractivity contribution in [3.05, 3.63) is 60.4 Å². The zero-order valence-corrected chi connectivity index (χ0v) is 13.7. The highest BCUT2D eigenvalue weighted by atomic mass is 16.6. The first kappa shape index (κ1) is 18.0. The van der Waals surface area contributed by atoms with E-state index in [9.17, 15) is 19.7 Å². The molecule has 0 spiro atoms. The van der Waals surface area contributed by atoms with Crippen LogP contribution in [0.4, 0.5) is 5.69 Å². The van der Waals surface area contributed by atoms with Crippen LogP contribution >= 0.6 is 0 Å². The Hall–Kier alpha value is -3.36. The van der Waals surface area contributed by atoms with Gasteiger partial charge in [-0.3, -0.25) is 19.9 Å². The molecule has 0 saturated heterocycles. The van der Waals surface area contributed by atoms with Gasteiger partial charge in [-0.05, 0) is 30.2 Å². The van der Waals surface area contributed by atoms with E-state index >= 15 is 0 Å². The number of rotatable bonds is 7. The minimum absolute atomic E-state index is 0.191. The zero-order chi connectivity index (χ0) is 18.4. The van der Waals surface area contributed by atoms with Crippen molar-refractivity contribution in [2.24, 2.45) is 0 Å². The van der Waals surface area contributed by atoms with Gasteiger partial charge in [-0.25, -0.2) is 4.79 Å². The fraction of sp³-hybridized carbons (Fsp3) is 0.250. The Morgan fingerprint density at radius 1 is 1.20 bits per heavy atom. The SMILES string of the molecule is CCCOc1ccc(/C=C/c2[nH]c(=O)[nH]c(=O)c2[N+](=O)[O-])cc1OC. The van der Waals surface area contributed by atoms with Gasteiger partial charge in [0.2, 0.25) is 0 Å². The molecule has 0 aliphatic heterocycles. The molecular formula is C16H17N3O6. The molecule has 0 amide bonds. The molecule has 0 aliphatic rings. The smallest absolute Gasteiger partial charge is 0.357 e. The Kier molecular flexibility index (Phi) is 5.72. The highest BCUT2D eigenvalue weighted by Gasteiger charge is 2.18. The van der Waals surface area contributed by atoms with Crippen LogP contribution in [0.5, 0.6) is 11.5 Å². The molecular weight excluding hydrogens is 330 g/mol. The number of nitro groups is 1. The molecule has 9 nitrogen and oxygen atoms in total. The maximum Gasteiger partial charge on any atom is 0.357 e. The van der Waals surface area contributed by atoms with Crippen molar-refractivity contribution in [1.82, 2.24) is 9.97 Å². The van der Waals surface area contributed by atoms with E-state index in [1.165, 1.54) is 19.3 Å². The summed E-state index contributed by atoms with van der Waals surface area (Å²) < 4.78 is 10.8. The fourth-order valence-electron chi connectivity index (χ4n) is 2.10. The number of aromatic amines is 2. The number of hydrogen-bond donors (Lipinski definition) is 2. The third-order valence-corrected chi connectivity index (χ3v) is 3.22. The molecule has 25 heavy (non-hydrogen) atoms. The predicted molar refractivity (Wildman–Crippen MR) is 92.0 cm³/mol. The quantitative estimate of drug-likeness (QED) is 0.582. The van der Waals surface area contributed by atoms with Crippen LogP contribution in [-0.2, 0) is 0 Å². The molecule has 2 rings (SSSR count). The van der Waals surface area contributed by atoms with Crippen LogP contribution in [0.3, 0.4) is 0 Å². The second-order valence-corrected chi connectivity index (χ2v) is 5.02. The first-order chi connectivity index (χ1) is 12.0. The molecule has 0 atom stereocenters. The van der Waals surface area contributed by atoms with E-state index in [1.54, 1.807) is 18.2 Å². The number of ether oxygens (including phenoxy) is 2. The summed E-state index contributed by atoms with van der Waals surface area (Å²) in [5.74, 6) is 1.08. The summed E-state index contributed by atoms with van der Waals surface area (Å²) in [4.78, 5) is 37.1. The van der Waals surface area contributed by atoms with E-state index in [1.807, 2.05) is 11.9 Å². The Balaban J connectivity index is 2.38. The second kappa shape index (κ2) is 7.95. The first-order valence-electron chi connectivity index (χ1n) is 7.46. The van der Waals surface area contributed by atoms with Gasteiger partial charge in [-0.1, -0.05) is 19.1 Å². The molecule has 0 aliphatic carbocycles. The van der Waals surface area contributed by atoms with Gasteiger partial charge >= 0.3 is 16.9 Å². The van der Waals surface area contributed by atoms with Gasteiger partial charge in [-0.15, -0.1) is 0 Å². The molecule has 0 radical (unpaired) electrons. The summed E-state index contributed by atoms with van der Waals surface area (Å²) in [6, 6.07) is 5.11. The Morgan fingerprint density at radius 2 is 1.96 bits per heavy atom. The van der Waals surface area contributed by atoms with Crippen molar-refractivity contribution in [2.75, 3.05) is 13.7 Å². The van der Waals surface area contributed by atoms with Gasteiger partial charge in [0.05, 0.1) is 18.6 Å². The van der Waals surface area contributed by atoms with Gasteiger partial charge in [-0.2, -0.15) is 0 Å².